The molecule has 3 aromatic carbocycles. The van der Waals surface area contributed by atoms with E-state index in [-0.39, 0.29) is 5.91 Å². The number of nitrogens with one attached hydrogen (secondary N) is 2. The molecule has 0 spiro atoms. The number of amides is 1. The number of rotatable bonds is 8. The van der Waals surface area contributed by atoms with Crippen molar-refractivity contribution in [2.24, 2.45) is 0 Å². The van der Waals surface area contributed by atoms with Crippen LogP contribution < -0.4 is 15.4 Å². The zero-order valence-electron chi connectivity index (χ0n) is 21.9. The fourth-order valence-corrected chi connectivity index (χ4v) is 5.26. The lowest BCUT2D eigenvalue weighted by Gasteiger charge is -2.29. The average Bonchev–Trinajstić information content (AvgIpc) is 3.34. The number of hydrogen-bond donors (Lipinski definition) is 2. The smallest absolute Gasteiger partial charge is 0.255 e. The van der Waals surface area contributed by atoms with E-state index in [4.69, 9.17) is 14.8 Å². The molecule has 1 aliphatic heterocycles. The third-order valence-corrected chi connectivity index (χ3v) is 7.44. The van der Waals surface area contributed by atoms with Crippen molar-refractivity contribution >= 4 is 29.3 Å². The summed E-state index contributed by atoms with van der Waals surface area (Å²) in [6, 6.07) is 25.5. The Hall–Kier alpha value is -4.04. The molecule has 1 amide bonds. The number of thioether (sulfide) groups is 1. The molecular weight excluding hydrogens is 494 g/mol. The first-order chi connectivity index (χ1) is 18.4. The summed E-state index contributed by atoms with van der Waals surface area (Å²) >= 11 is 1.55. The number of carbonyl (C=O) groups is 1. The van der Waals surface area contributed by atoms with Crippen LogP contribution >= 0.6 is 11.8 Å². The molecular formula is C30H31N5O2S. The van der Waals surface area contributed by atoms with E-state index in [1.807, 2.05) is 60.1 Å². The first-order valence-electron chi connectivity index (χ1n) is 12.6. The number of methoxy groups -OCH3 is 1. The Labute approximate surface area is 227 Å². The van der Waals surface area contributed by atoms with Gasteiger partial charge < -0.3 is 15.4 Å². The van der Waals surface area contributed by atoms with Gasteiger partial charge in [-0.25, -0.2) is 4.68 Å². The maximum atomic E-state index is 13.6. The van der Waals surface area contributed by atoms with Crippen molar-refractivity contribution in [2.75, 3.05) is 17.7 Å². The second-order valence-electron chi connectivity index (χ2n) is 9.51. The second kappa shape index (κ2) is 11.1. The van der Waals surface area contributed by atoms with Crippen LogP contribution in [0, 0.1) is 0 Å². The van der Waals surface area contributed by atoms with Gasteiger partial charge in [0.2, 0.25) is 11.1 Å². The quantitative estimate of drug-likeness (QED) is 0.251. The molecule has 0 fully saturated rings. The molecule has 0 unspecified atom stereocenters. The second-order valence-corrected chi connectivity index (χ2v) is 10.5. The summed E-state index contributed by atoms with van der Waals surface area (Å²) < 4.78 is 7.17. The number of carbonyl (C=O) groups excluding carboxylic acids is 1. The van der Waals surface area contributed by atoms with Crippen molar-refractivity contribution in [1.29, 1.82) is 0 Å². The normalized spacial score (nSPS) is 14.7. The number of benzene rings is 3. The van der Waals surface area contributed by atoms with Gasteiger partial charge in [-0.3, -0.25) is 4.79 Å². The Morgan fingerprint density at radius 1 is 1.08 bits per heavy atom. The Morgan fingerprint density at radius 3 is 2.55 bits per heavy atom. The third kappa shape index (κ3) is 5.45. The van der Waals surface area contributed by atoms with Crippen molar-refractivity contribution in [2.45, 2.75) is 43.6 Å². The van der Waals surface area contributed by atoms with E-state index in [9.17, 15) is 4.79 Å². The van der Waals surface area contributed by atoms with E-state index in [2.05, 4.69) is 54.8 Å². The number of anilines is 2. The predicted molar refractivity (Wildman–Crippen MR) is 153 cm³/mol. The maximum absolute atomic E-state index is 13.6. The van der Waals surface area contributed by atoms with E-state index < -0.39 is 6.04 Å². The van der Waals surface area contributed by atoms with Crippen LogP contribution in [0.3, 0.4) is 0 Å². The number of nitrogens with zero attached hydrogens (tertiary/aromatic N) is 3. The zero-order chi connectivity index (χ0) is 26.6. The minimum Gasteiger partial charge on any atom is -0.497 e. The van der Waals surface area contributed by atoms with Crippen LogP contribution in [0.15, 0.2) is 95.3 Å². The third-order valence-electron chi connectivity index (χ3n) is 6.53. The summed E-state index contributed by atoms with van der Waals surface area (Å²) in [7, 11) is 1.66. The van der Waals surface area contributed by atoms with Gasteiger partial charge in [0.15, 0.2) is 0 Å². The highest BCUT2D eigenvalue weighted by Crippen LogP contribution is 2.37. The lowest BCUT2D eigenvalue weighted by atomic mass is 9.93. The number of fused-ring (bicyclic) bond motifs is 1. The fourth-order valence-electron chi connectivity index (χ4n) is 4.49. The summed E-state index contributed by atoms with van der Waals surface area (Å²) in [5.74, 6) is 2.37. The molecule has 5 rings (SSSR count). The standard InChI is InChI=1S/C30H31N5O2S/c1-19(2)22-13-15-23(16-14-22)27-26(28(36)32-24-10-6-5-7-11-24)20(3)31-29-33-30(34-35(27)29)38-18-21-9-8-12-25(17-21)37-4/h5-17,19,27H,18H2,1-4H3,(H,32,36)(H,31,33,34)/t27-/m0/s1. The first kappa shape index (κ1) is 25.6. The van der Waals surface area contributed by atoms with E-state index in [0.717, 1.165) is 28.3 Å². The van der Waals surface area contributed by atoms with Crippen LogP contribution in [0.4, 0.5) is 11.6 Å². The topological polar surface area (TPSA) is 81.1 Å². The number of hydrogen-bond acceptors (Lipinski definition) is 6. The Kier molecular flexibility index (Phi) is 7.51. The molecule has 0 bridgehead atoms. The van der Waals surface area contributed by atoms with Crippen LogP contribution in [-0.2, 0) is 10.5 Å². The first-order valence-corrected chi connectivity index (χ1v) is 13.6. The minimum atomic E-state index is -0.421. The lowest BCUT2D eigenvalue weighted by molar-refractivity contribution is -0.113. The van der Waals surface area contributed by atoms with Crippen LogP contribution in [0.25, 0.3) is 0 Å². The zero-order valence-corrected chi connectivity index (χ0v) is 22.8. The van der Waals surface area contributed by atoms with E-state index in [0.29, 0.717) is 28.3 Å². The summed E-state index contributed by atoms with van der Waals surface area (Å²) in [5, 5.41) is 11.9. The average molecular weight is 526 g/mol. The monoisotopic (exact) mass is 525 g/mol. The van der Waals surface area contributed by atoms with Crippen LogP contribution in [0.2, 0.25) is 0 Å². The molecule has 1 atom stereocenters. The van der Waals surface area contributed by atoms with Gasteiger partial charge >= 0.3 is 0 Å². The highest BCUT2D eigenvalue weighted by Gasteiger charge is 2.34. The molecule has 2 heterocycles. The van der Waals surface area contributed by atoms with Gasteiger partial charge in [-0.05, 0) is 53.8 Å². The highest BCUT2D eigenvalue weighted by atomic mass is 32.2. The van der Waals surface area contributed by atoms with Crippen LogP contribution in [0.1, 0.15) is 49.4 Å². The highest BCUT2D eigenvalue weighted by molar-refractivity contribution is 7.98. The number of ether oxygens (including phenoxy) is 1. The molecule has 4 aromatic rings. The number of para-hydroxylation sites is 1. The summed E-state index contributed by atoms with van der Waals surface area (Å²) in [4.78, 5) is 18.4. The molecule has 1 aliphatic rings. The Bertz CT molecular complexity index is 1460. The van der Waals surface area contributed by atoms with Gasteiger partial charge in [0, 0.05) is 17.1 Å². The molecule has 0 saturated heterocycles. The molecule has 0 aliphatic carbocycles. The molecule has 2 N–H and O–H groups in total. The summed E-state index contributed by atoms with van der Waals surface area (Å²) in [5.41, 5.74) is 5.43. The summed E-state index contributed by atoms with van der Waals surface area (Å²) in [6.07, 6.45) is 0. The van der Waals surface area contributed by atoms with E-state index >= 15 is 0 Å². The largest absolute Gasteiger partial charge is 0.497 e. The van der Waals surface area contributed by atoms with Crippen molar-refractivity contribution in [3.05, 3.63) is 107 Å². The molecule has 1 aromatic heterocycles. The van der Waals surface area contributed by atoms with E-state index in [1.54, 1.807) is 18.9 Å². The molecule has 8 heteroatoms. The molecule has 0 radical (unpaired) electrons. The van der Waals surface area contributed by atoms with Gasteiger partial charge in [-0.2, -0.15) is 4.98 Å². The Balaban J connectivity index is 1.48. The number of aromatic nitrogens is 3. The van der Waals surface area contributed by atoms with Gasteiger partial charge in [0.1, 0.15) is 11.8 Å². The minimum absolute atomic E-state index is 0.175. The van der Waals surface area contributed by atoms with Crippen LogP contribution in [-0.4, -0.2) is 27.8 Å². The predicted octanol–water partition coefficient (Wildman–Crippen LogP) is 6.63. The summed E-state index contributed by atoms with van der Waals surface area (Å²) in [6.45, 7) is 6.25. The molecule has 0 saturated carbocycles. The Morgan fingerprint density at radius 2 is 1.84 bits per heavy atom. The SMILES string of the molecule is COc1cccc(CSc2nc3n(n2)[C@@H](c2ccc(C(C)C)cc2)C(C(=O)Nc2ccccc2)=C(C)N3)c1. The van der Waals surface area contributed by atoms with Crippen molar-refractivity contribution in [3.8, 4) is 5.75 Å². The van der Waals surface area contributed by atoms with E-state index in [1.165, 1.54) is 5.56 Å². The fraction of sp³-hybridized carbons (Fsp3) is 0.233. The number of allylic oxidation sites excluding steroid dienone is 1. The maximum Gasteiger partial charge on any atom is 0.255 e. The van der Waals surface area contributed by atoms with Gasteiger partial charge in [-0.1, -0.05) is 80.2 Å². The molecule has 7 nitrogen and oxygen atoms in total. The van der Waals surface area contributed by atoms with Crippen molar-refractivity contribution in [3.63, 3.8) is 0 Å². The van der Waals surface area contributed by atoms with Crippen molar-refractivity contribution < 1.29 is 9.53 Å². The van der Waals surface area contributed by atoms with Gasteiger partial charge in [-0.15, -0.1) is 5.10 Å². The molecule has 194 valence electrons. The van der Waals surface area contributed by atoms with Gasteiger partial charge in [0.25, 0.3) is 5.91 Å². The van der Waals surface area contributed by atoms with Crippen molar-refractivity contribution in [1.82, 2.24) is 14.8 Å². The lowest BCUT2D eigenvalue weighted by Crippen LogP contribution is -2.31. The van der Waals surface area contributed by atoms with Gasteiger partial charge in [0.05, 0.1) is 12.7 Å². The molecule has 38 heavy (non-hydrogen) atoms. The van der Waals surface area contributed by atoms with Crippen LogP contribution in [0.5, 0.6) is 5.75 Å².